The lowest BCUT2D eigenvalue weighted by Gasteiger charge is -2.40. The molecule has 1 heterocycles. The van der Waals surface area contributed by atoms with Gasteiger partial charge in [0.05, 0.1) is 17.1 Å². The monoisotopic (exact) mass is 361 g/mol. The first-order valence-corrected chi connectivity index (χ1v) is 10.6. The van der Waals surface area contributed by atoms with E-state index >= 15 is 0 Å². The van der Waals surface area contributed by atoms with Crippen LogP contribution in [0, 0.1) is 11.3 Å². The van der Waals surface area contributed by atoms with Crippen LogP contribution in [0.1, 0.15) is 67.0 Å². The predicted molar refractivity (Wildman–Crippen MR) is 107 cm³/mol. The Labute approximate surface area is 156 Å². The summed E-state index contributed by atoms with van der Waals surface area (Å²) >= 11 is 0. The fourth-order valence-electron chi connectivity index (χ4n) is 3.86. The summed E-state index contributed by atoms with van der Waals surface area (Å²) in [6, 6.07) is 10.4. The first-order chi connectivity index (χ1) is 11.4. The maximum atomic E-state index is 13.2. The van der Waals surface area contributed by atoms with Gasteiger partial charge in [-0.25, -0.2) is 0 Å². The van der Waals surface area contributed by atoms with E-state index in [2.05, 4.69) is 67.5 Å². The Hall–Kier alpha value is -1.13. The molecule has 1 aliphatic rings. The van der Waals surface area contributed by atoms with Crippen molar-refractivity contribution in [2.24, 2.45) is 11.3 Å². The number of rotatable bonds is 5. The van der Waals surface area contributed by atoms with Gasteiger partial charge in [0.2, 0.25) is 5.91 Å². The lowest BCUT2D eigenvalue weighted by atomic mass is 9.73. The molecule has 0 aromatic heterocycles. The second-order valence-electron chi connectivity index (χ2n) is 9.77. The molecule has 0 aliphatic carbocycles. The van der Waals surface area contributed by atoms with Crippen LogP contribution in [0.5, 0.6) is 0 Å². The van der Waals surface area contributed by atoms with E-state index in [1.807, 2.05) is 23.1 Å². The topological polar surface area (TPSA) is 29.5 Å². The SMILES string of the molecule is C[C@H](c1ccccc1)N1C[C@H](C(C)(C)O[SiH2]C(C)(C)C)C(C)(C)C1=O. The summed E-state index contributed by atoms with van der Waals surface area (Å²) < 4.78 is 6.46. The molecule has 140 valence electrons. The van der Waals surface area contributed by atoms with Gasteiger partial charge in [-0.1, -0.05) is 65.0 Å². The molecule has 0 radical (unpaired) electrons. The highest BCUT2D eigenvalue weighted by molar-refractivity contribution is 6.31. The third-order valence-electron chi connectivity index (χ3n) is 5.53. The van der Waals surface area contributed by atoms with Crippen LogP contribution >= 0.6 is 0 Å². The Morgan fingerprint density at radius 3 is 2.24 bits per heavy atom. The standard InChI is InChI=1S/C21H35NO2Si/c1-15(16-12-10-9-11-13-16)22-14-17(20(5,6)18(22)23)21(7,8)24-25-19(2,3)4/h9-13,15,17H,14,25H2,1-8H3/t15-,17+/m1/s1. The van der Waals surface area contributed by atoms with Crippen LogP contribution in [0.4, 0.5) is 0 Å². The minimum absolute atomic E-state index is 0.0913. The molecule has 1 aromatic rings. The smallest absolute Gasteiger partial charge is 0.229 e. The molecule has 0 N–H and O–H groups in total. The summed E-state index contributed by atoms with van der Waals surface area (Å²) in [6.07, 6.45) is 0. The highest BCUT2D eigenvalue weighted by Crippen LogP contribution is 2.47. The van der Waals surface area contributed by atoms with Crippen molar-refractivity contribution >= 4 is 15.7 Å². The normalized spacial score (nSPS) is 22.8. The number of likely N-dealkylation sites (tertiary alicyclic amines) is 1. The second-order valence-corrected chi connectivity index (χ2v) is 12.5. The van der Waals surface area contributed by atoms with Crippen molar-refractivity contribution in [1.29, 1.82) is 0 Å². The minimum atomic E-state index is -0.671. The highest BCUT2D eigenvalue weighted by atomic mass is 28.2. The average Bonchev–Trinajstić information content (AvgIpc) is 2.76. The maximum absolute atomic E-state index is 13.2. The summed E-state index contributed by atoms with van der Waals surface area (Å²) in [5, 5.41) is 0.251. The Morgan fingerprint density at radius 1 is 1.16 bits per heavy atom. The number of hydrogen-bond acceptors (Lipinski definition) is 2. The molecule has 4 heteroatoms. The van der Waals surface area contributed by atoms with Crippen molar-refractivity contribution in [2.45, 2.75) is 72.1 Å². The van der Waals surface area contributed by atoms with Gasteiger partial charge in [-0.05, 0) is 31.4 Å². The van der Waals surface area contributed by atoms with Crippen molar-refractivity contribution in [3.8, 4) is 0 Å². The van der Waals surface area contributed by atoms with E-state index in [0.717, 1.165) is 6.54 Å². The van der Waals surface area contributed by atoms with Crippen LogP contribution in [0.2, 0.25) is 5.04 Å². The number of carbonyl (C=O) groups is 1. The number of benzene rings is 1. The largest absolute Gasteiger partial charge is 0.418 e. The van der Waals surface area contributed by atoms with Crippen LogP contribution in [0.3, 0.4) is 0 Å². The van der Waals surface area contributed by atoms with E-state index in [-0.39, 0.29) is 28.5 Å². The Balaban J connectivity index is 2.22. The molecule has 1 saturated heterocycles. The van der Waals surface area contributed by atoms with Crippen LogP contribution in [0.25, 0.3) is 0 Å². The molecule has 1 fully saturated rings. The van der Waals surface area contributed by atoms with Gasteiger partial charge in [0.1, 0.15) is 0 Å². The van der Waals surface area contributed by atoms with Crippen LogP contribution < -0.4 is 0 Å². The third kappa shape index (κ3) is 4.35. The van der Waals surface area contributed by atoms with E-state index in [0.29, 0.717) is 0 Å². The van der Waals surface area contributed by atoms with E-state index in [1.54, 1.807) is 0 Å². The highest BCUT2D eigenvalue weighted by Gasteiger charge is 2.54. The van der Waals surface area contributed by atoms with Crippen LogP contribution in [0.15, 0.2) is 30.3 Å². The van der Waals surface area contributed by atoms with Crippen LogP contribution in [-0.2, 0) is 9.22 Å². The molecule has 1 amide bonds. The molecule has 2 rings (SSSR count). The molecule has 3 nitrogen and oxygen atoms in total. The van der Waals surface area contributed by atoms with Gasteiger partial charge < -0.3 is 9.33 Å². The Bertz CT molecular complexity index is 604. The molecule has 25 heavy (non-hydrogen) atoms. The molecule has 0 bridgehead atoms. The average molecular weight is 362 g/mol. The number of nitrogens with zero attached hydrogens (tertiary/aromatic N) is 1. The molecule has 1 aromatic carbocycles. The van der Waals surface area contributed by atoms with Gasteiger partial charge in [-0.15, -0.1) is 0 Å². The quantitative estimate of drug-likeness (QED) is 0.731. The zero-order valence-electron chi connectivity index (χ0n) is 17.2. The predicted octanol–water partition coefficient (Wildman–Crippen LogP) is 4.33. The van der Waals surface area contributed by atoms with Gasteiger partial charge in [0, 0.05) is 12.5 Å². The maximum Gasteiger partial charge on any atom is 0.229 e. The summed E-state index contributed by atoms with van der Waals surface area (Å²) in [4.78, 5) is 15.2. The number of amides is 1. The van der Waals surface area contributed by atoms with Crippen molar-refractivity contribution in [2.75, 3.05) is 6.54 Å². The number of hydrogen-bond donors (Lipinski definition) is 0. The fraction of sp³-hybridized carbons (Fsp3) is 0.667. The van der Waals surface area contributed by atoms with Crippen molar-refractivity contribution in [1.82, 2.24) is 4.90 Å². The Kier molecular flexibility index (Phi) is 5.55. The molecular weight excluding hydrogens is 326 g/mol. The minimum Gasteiger partial charge on any atom is -0.418 e. The summed E-state index contributed by atoms with van der Waals surface area (Å²) in [7, 11) is -0.671. The van der Waals surface area contributed by atoms with Gasteiger partial charge in [-0.2, -0.15) is 0 Å². The molecule has 2 atom stereocenters. The van der Waals surface area contributed by atoms with Crippen molar-refractivity contribution < 1.29 is 9.22 Å². The molecule has 0 saturated carbocycles. The Morgan fingerprint density at radius 2 is 1.72 bits per heavy atom. The van der Waals surface area contributed by atoms with E-state index in [1.165, 1.54) is 5.56 Å². The molecule has 1 aliphatic heterocycles. The molecule has 0 unspecified atom stereocenters. The zero-order valence-corrected chi connectivity index (χ0v) is 18.6. The van der Waals surface area contributed by atoms with Gasteiger partial charge >= 0.3 is 0 Å². The number of carbonyl (C=O) groups excluding carboxylic acids is 1. The first-order valence-electron chi connectivity index (χ1n) is 9.36. The lowest BCUT2D eigenvalue weighted by molar-refractivity contribution is -0.138. The van der Waals surface area contributed by atoms with Gasteiger partial charge in [-0.3, -0.25) is 4.79 Å². The first kappa shape index (κ1) is 20.2. The van der Waals surface area contributed by atoms with Gasteiger partial charge in [0.25, 0.3) is 0 Å². The fourth-order valence-corrected chi connectivity index (χ4v) is 4.87. The van der Waals surface area contributed by atoms with Gasteiger partial charge in [0.15, 0.2) is 9.76 Å². The summed E-state index contributed by atoms with van der Waals surface area (Å²) in [5.41, 5.74) is 0.498. The second kappa shape index (κ2) is 6.88. The van der Waals surface area contributed by atoms with E-state index < -0.39 is 15.2 Å². The summed E-state index contributed by atoms with van der Waals surface area (Å²) in [6.45, 7) is 18.1. The van der Waals surface area contributed by atoms with E-state index in [4.69, 9.17) is 4.43 Å². The van der Waals surface area contributed by atoms with Crippen LogP contribution in [-0.4, -0.2) is 32.7 Å². The molecular formula is C21H35NO2Si. The van der Waals surface area contributed by atoms with Crippen molar-refractivity contribution in [3.63, 3.8) is 0 Å². The lowest BCUT2D eigenvalue weighted by Crippen LogP contribution is -2.45. The third-order valence-corrected chi connectivity index (χ3v) is 7.28. The summed E-state index contributed by atoms with van der Waals surface area (Å²) in [5.74, 6) is 0.427. The zero-order chi connectivity index (χ0) is 19.0. The van der Waals surface area contributed by atoms with Crippen molar-refractivity contribution in [3.05, 3.63) is 35.9 Å². The molecule has 0 spiro atoms. The van der Waals surface area contributed by atoms with E-state index in [9.17, 15) is 4.79 Å².